The molecular formula is C24H23BrN2O5S2. The molecule has 0 spiro atoms. The van der Waals surface area contributed by atoms with Crippen LogP contribution in [0.1, 0.15) is 37.3 Å². The average molecular weight is 563 g/mol. The lowest BCUT2D eigenvalue weighted by atomic mass is 10.0. The van der Waals surface area contributed by atoms with Crippen molar-refractivity contribution in [3.05, 3.63) is 75.5 Å². The van der Waals surface area contributed by atoms with Crippen LogP contribution < -0.4 is 24.4 Å². The van der Waals surface area contributed by atoms with Crippen molar-refractivity contribution in [1.29, 1.82) is 0 Å². The number of esters is 1. The molecular weight excluding hydrogens is 540 g/mol. The third kappa shape index (κ3) is 4.49. The highest BCUT2D eigenvalue weighted by atomic mass is 79.9. The summed E-state index contributed by atoms with van der Waals surface area (Å²) in [5, 5.41) is 1.92. The van der Waals surface area contributed by atoms with E-state index in [0.717, 1.165) is 14.9 Å². The first kappa shape index (κ1) is 24.4. The summed E-state index contributed by atoms with van der Waals surface area (Å²) in [5.74, 6) is 0.722. The summed E-state index contributed by atoms with van der Waals surface area (Å²) in [6.45, 7) is 6.15. The van der Waals surface area contributed by atoms with Crippen molar-refractivity contribution in [2.24, 2.45) is 4.99 Å². The Labute approximate surface area is 212 Å². The van der Waals surface area contributed by atoms with Gasteiger partial charge in [-0.1, -0.05) is 33.3 Å². The van der Waals surface area contributed by atoms with E-state index in [1.807, 2.05) is 36.6 Å². The molecule has 34 heavy (non-hydrogen) atoms. The standard InChI is InChI=1S/C24H23BrN2O5S2/c1-5-31-17-10-14(15(25)12-16(17)30-4)11-19-22(28)27-21(18-8-7-9-33-18)20(23(29)32-6-2)13(3)26-24(27)34-19/h7-12,21H,5-6H2,1-4H3/b19-11+/t21-/m1/s1. The number of methoxy groups -OCH3 is 1. The molecule has 7 nitrogen and oxygen atoms in total. The molecule has 4 rings (SSSR count). The Bertz CT molecular complexity index is 1440. The number of halogens is 1. The minimum atomic E-state index is -0.587. The van der Waals surface area contributed by atoms with Crippen molar-refractivity contribution in [3.8, 4) is 11.5 Å². The lowest BCUT2D eigenvalue weighted by Crippen LogP contribution is -2.39. The third-order valence-electron chi connectivity index (χ3n) is 5.20. The van der Waals surface area contributed by atoms with Gasteiger partial charge in [0.15, 0.2) is 16.3 Å². The SMILES string of the molecule is CCOC(=O)C1=C(C)N=c2s/c(=C/c3cc(OCC)c(OC)cc3Br)c(=O)n2[C@@H]1c1cccs1. The predicted molar refractivity (Wildman–Crippen MR) is 137 cm³/mol. The van der Waals surface area contributed by atoms with E-state index in [9.17, 15) is 9.59 Å². The number of rotatable bonds is 7. The molecule has 2 aromatic heterocycles. The number of fused-ring (bicyclic) bond motifs is 1. The normalized spacial score (nSPS) is 15.7. The number of benzene rings is 1. The largest absolute Gasteiger partial charge is 0.493 e. The first-order valence-corrected chi connectivity index (χ1v) is 13.1. The van der Waals surface area contributed by atoms with E-state index in [1.54, 1.807) is 31.6 Å². The van der Waals surface area contributed by atoms with Crippen molar-refractivity contribution in [1.82, 2.24) is 4.57 Å². The van der Waals surface area contributed by atoms with E-state index < -0.39 is 12.0 Å². The summed E-state index contributed by atoms with van der Waals surface area (Å²) in [6, 6.07) is 6.87. The predicted octanol–water partition coefficient (Wildman–Crippen LogP) is 4.03. The highest BCUT2D eigenvalue weighted by Gasteiger charge is 2.33. The fraction of sp³-hybridized carbons (Fsp3) is 0.292. The van der Waals surface area contributed by atoms with Gasteiger partial charge < -0.3 is 14.2 Å². The number of carbonyl (C=O) groups is 1. The zero-order valence-electron chi connectivity index (χ0n) is 19.1. The quantitative estimate of drug-likeness (QED) is 0.406. The van der Waals surface area contributed by atoms with Gasteiger partial charge in [0, 0.05) is 9.35 Å². The molecule has 178 valence electrons. The Morgan fingerprint density at radius 1 is 1.26 bits per heavy atom. The van der Waals surface area contributed by atoms with Gasteiger partial charge in [-0.3, -0.25) is 9.36 Å². The maximum Gasteiger partial charge on any atom is 0.338 e. The van der Waals surface area contributed by atoms with Crippen molar-refractivity contribution in [3.63, 3.8) is 0 Å². The Morgan fingerprint density at radius 2 is 2.06 bits per heavy atom. The van der Waals surface area contributed by atoms with Crippen LogP contribution in [0.3, 0.4) is 0 Å². The van der Waals surface area contributed by atoms with Crippen LogP contribution in [-0.2, 0) is 9.53 Å². The van der Waals surface area contributed by atoms with Crippen LogP contribution in [0.25, 0.3) is 6.08 Å². The number of nitrogens with zero attached hydrogens (tertiary/aromatic N) is 2. The number of carbonyl (C=O) groups excluding carboxylic acids is 1. The first-order chi connectivity index (χ1) is 16.4. The van der Waals surface area contributed by atoms with Gasteiger partial charge in [0.2, 0.25) is 0 Å². The number of allylic oxidation sites excluding steroid dienone is 1. The second-order valence-electron chi connectivity index (χ2n) is 7.28. The zero-order valence-corrected chi connectivity index (χ0v) is 22.3. The lowest BCUT2D eigenvalue weighted by molar-refractivity contribution is -0.139. The molecule has 1 aromatic carbocycles. The van der Waals surface area contributed by atoms with Gasteiger partial charge in [-0.05, 0) is 56.0 Å². The molecule has 1 atom stereocenters. The minimum Gasteiger partial charge on any atom is -0.493 e. The molecule has 0 amide bonds. The van der Waals surface area contributed by atoms with Gasteiger partial charge in [0.25, 0.3) is 5.56 Å². The maximum absolute atomic E-state index is 13.6. The Kier molecular flexibility index (Phi) is 7.39. The smallest absolute Gasteiger partial charge is 0.338 e. The summed E-state index contributed by atoms with van der Waals surface area (Å²) < 4.78 is 19.2. The number of hydrogen-bond donors (Lipinski definition) is 0. The Balaban J connectivity index is 1.92. The van der Waals surface area contributed by atoms with E-state index in [1.165, 1.54) is 22.7 Å². The molecule has 0 bridgehead atoms. The monoisotopic (exact) mass is 562 g/mol. The fourth-order valence-electron chi connectivity index (χ4n) is 3.74. The molecule has 1 aliphatic heterocycles. The van der Waals surface area contributed by atoms with Crippen LogP contribution in [0.2, 0.25) is 0 Å². The van der Waals surface area contributed by atoms with Crippen molar-refractivity contribution < 1.29 is 19.0 Å². The second kappa shape index (κ2) is 10.3. The van der Waals surface area contributed by atoms with Crippen LogP contribution >= 0.6 is 38.6 Å². The molecule has 3 heterocycles. The minimum absolute atomic E-state index is 0.225. The van der Waals surface area contributed by atoms with Crippen LogP contribution in [-0.4, -0.2) is 30.9 Å². The maximum atomic E-state index is 13.6. The van der Waals surface area contributed by atoms with Gasteiger partial charge in [0.1, 0.15) is 6.04 Å². The fourth-order valence-corrected chi connectivity index (χ4v) is 6.04. The number of thiazole rings is 1. The highest BCUT2D eigenvalue weighted by molar-refractivity contribution is 9.10. The molecule has 3 aromatic rings. The molecule has 10 heteroatoms. The number of thiophene rings is 1. The summed E-state index contributed by atoms with van der Waals surface area (Å²) in [6.07, 6.45) is 1.80. The first-order valence-electron chi connectivity index (χ1n) is 10.6. The molecule has 0 saturated carbocycles. The highest BCUT2D eigenvalue weighted by Crippen LogP contribution is 2.35. The Hall–Kier alpha value is -2.69. The number of hydrogen-bond acceptors (Lipinski definition) is 8. The number of aromatic nitrogens is 1. The second-order valence-corrected chi connectivity index (χ2v) is 10.1. The molecule has 0 radical (unpaired) electrons. The summed E-state index contributed by atoms with van der Waals surface area (Å²) in [4.78, 5) is 32.5. The van der Waals surface area contributed by atoms with Gasteiger partial charge in [-0.15, -0.1) is 11.3 Å². The van der Waals surface area contributed by atoms with Crippen LogP contribution in [0, 0.1) is 0 Å². The molecule has 0 aliphatic carbocycles. The van der Waals surface area contributed by atoms with E-state index in [4.69, 9.17) is 14.2 Å². The third-order valence-corrected chi connectivity index (χ3v) is 7.79. The van der Waals surface area contributed by atoms with E-state index >= 15 is 0 Å². The molecule has 0 unspecified atom stereocenters. The van der Waals surface area contributed by atoms with Crippen molar-refractivity contribution >= 4 is 50.6 Å². The summed E-state index contributed by atoms with van der Waals surface area (Å²) >= 11 is 6.33. The van der Waals surface area contributed by atoms with Gasteiger partial charge in [-0.25, -0.2) is 9.79 Å². The van der Waals surface area contributed by atoms with Crippen molar-refractivity contribution in [2.75, 3.05) is 20.3 Å². The number of ether oxygens (including phenoxy) is 3. The average Bonchev–Trinajstić information content (AvgIpc) is 3.44. The van der Waals surface area contributed by atoms with E-state index in [2.05, 4.69) is 20.9 Å². The summed E-state index contributed by atoms with van der Waals surface area (Å²) in [7, 11) is 1.58. The molecule has 1 aliphatic rings. The molecule has 0 saturated heterocycles. The lowest BCUT2D eigenvalue weighted by Gasteiger charge is -2.23. The van der Waals surface area contributed by atoms with Gasteiger partial charge >= 0.3 is 5.97 Å². The van der Waals surface area contributed by atoms with Crippen LogP contribution in [0.4, 0.5) is 0 Å². The van der Waals surface area contributed by atoms with Crippen LogP contribution in [0.5, 0.6) is 11.5 Å². The van der Waals surface area contributed by atoms with E-state index in [-0.39, 0.29) is 12.2 Å². The topological polar surface area (TPSA) is 79.1 Å². The van der Waals surface area contributed by atoms with E-state index in [0.29, 0.717) is 38.7 Å². The van der Waals surface area contributed by atoms with Crippen LogP contribution in [0.15, 0.2) is 55.2 Å². The summed E-state index contributed by atoms with van der Waals surface area (Å²) in [5.41, 5.74) is 1.47. The van der Waals surface area contributed by atoms with Crippen molar-refractivity contribution in [2.45, 2.75) is 26.8 Å². The van der Waals surface area contributed by atoms with Gasteiger partial charge in [-0.2, -0.15) is 0 Å². The Morgan fingerprint density at radius 3 is 2.71 bits per heavy atom. The molecule has 0 fully saturated rings. The molecule has 0 N–H and O–H groups in total. The van der Waals surface area contributed by atoms with Gasteiger partial charge in [0.05, 0.1) is 36.1 Å². The zero-order chi connectivity index (χ0) is 24.4.